The number of nitrogens with zero attached hydrogens (tertiary/aromatic N) is 2. The zero-order chi connectivity index (χ0) is 68.9. The smallest absolute Gasteiger partial charge is 0.349 e. The van der Waals surface area contributed by atoms with Gasteiger partial charge in [0.25, 0.3) is 0 Å². The molecular weight excluding hydrogens is 1230 g/mol. The highest BCUT2D eigenvalue weighted by atomic mass is 16.6. The molecule has 2 heterocycles. The Hall–Kier alpha value is -9.79. The Labute approximate surface area is 581 Å². The topological polar surface area (TPSA) is 144 Å². The third-order valence-corrected chi connectivity index (χ3v) is 15.8. The molecule has 0 unspecified atom stereocenters. The molecule has 0 spiro atoms. The minimum absolute atomic E-state index is 0.259. The van der Waals surface area contributed by atoms with Crippen molar-refractivity contribution >= 4 is 5.97 Å². The molecule has 10 bridgehead atoms. The number of aromatic nitrogens is 2. The Morgan fingerprint density at radius 2 is 0.490 bits per heavy atom. The number of hydrogen-bond donors (Lipinski definition) is 0. The van der Waals surface area contributed by atoms with E-state index >= 15 is 0 Å². The van der Waals surface area contributed by atoms with Crippen molar-refractivity contribution in [1.29, 1.82) is 0 Å². The van der Waals surface area contributed by atoms with Crippen LogP contribution in [0.4, 0.5) is 0 Å². The second-order valence-electron chi connectivity index (χ2n) is 24.3. The number of benzene rings is 6. The molecule has 8 aromatic rings. The third kappa shape index (κ3) is 20.9. The summed E-state index contributed by atoms with van der Waals surface area (Å²) in [6.45, 7) is 23.0. The number of ether oxygens (including phenoxy) is 11. The minimum Gasteiger partial charge on any atom is -0.493 e. The minimum atomic E-state index is -0.637. The molecule has 0 aliphatic heterocycles. The van der Waals surface area contributed by atoms with E-state index in [0.29, 0.717) is 131 Å². The van der Waals surface area contributed by atoms with E-state index in [2.05, 4.69) is 144 Å². The molecule has 0 atom stereocenters. The molecule has 0 fully saturated rings. The zero-order valence-electron chi connectivity index (χ0n) is 58.9. The molecule has 0 N–H and O–H groups in total. The van der Waals surface area contributed by atoms with Gasteiger partial charge in [-0.3, -0.25) is 9.97 Å². The van der Waals surface area contributed by atoms with Gasteiger partial charge in [-0.25, -0.2) is 4.79 Å². The van der Waals surface area contributed by atoms with E-state index in [9.17, 15) is 4.79 Å². The highest BCUT2D eigenvalue weighted by molar-refractivity contribution is 5.75. The van der Waals surface area contributed by atoms with Gasteiger partial charge in [0.1, 0.15) is 63.2 Å². The summed E-state index contributed by atoms with van der Waals surface area (Å²) >= 11 is 0. The fraction of sp³-hybridized carbons (Fsp3) is 0.393. The molecule has 514 valence electrons. The lowest BCUT2D eigenvalue weighted by Crippen LogP contribution is -2.18. The summed E-state index contributed by atoms with van der Waals surface area (Å²) in [5.74, 6) is 19.5. The molecule has 14 heteroatoms. The van der Waals surface area contributed by atoms with E-state index in [1.807, 2.05) is 42.5 Å². The molecule has 0 saturated heterocycles. The van der Waals surface area contributed by atoms with Crippen LogP contribution in [0.3, 0.4) is 0 Å². The van der Waals surface area contributed by atoms with Crippen molar-refractivity contribution in [3.8, 4) is 86.9 Å². The number of rotatable bonds is 31. The molecule has 0 amide bonds. The number of esters is 1. The van der Waals surface area contributed by atoms with Crippen LogP contribution in [0.5, 0.6) is 63.2 Å². The highest BCUT2D eigenvalue weighted by Gasteiger charge is 2.26. The van der Waals surface area contributed by atoms with Gasteiger partial charge in [-0.05, 0) is 161 Å². The standard InChI is InChI=1S/C84H96N2O12/c1-10-31-88-74-50-65-44-67-52-79(93-36-15-6)69(54-78(67)92-35-14-5)46-71-57-83(97-58-84(87)98-73-41-61(21-19-59-23-27-85-28-24-59)40-62(42-73)22-20-60-25-29-86-30-26-60)72(56-82(71)96-39-18-9)47-70-55-80(94-37-16-7)68(53-81(70)95-38-17-8)45-66-51-76(90-33-12-3)64(49-77(66)91-34-13-4)43-63(74)48-75(65)89-32-11-2/h23-30,40-42,48-57H,10-18,31-39,43-47,58H2,1-9H3. The monoisotopic (exact) mass is 1320 g/mol. The van der Waals surface area contributed by atoms with Gasteiger partial charge in [-0.2, -0.15) is 0 Å². The molecule has 10 aliphatic rings. The Kier molecular flexibility index (Phi) is 28.3. The van der Waals surface area contributed by atoms with Gasteiger partial charge in [-0.15, -0.1) is 0 Å². The molecule has 14 nitrogen and oxygen atoms in total. The lowest BCUT2D eigenvalue weighted by atomic mass is 9.94. The molecular formula is C84H96N2O12. The van der Waals surface area contributed by atoms with E-state index in [1.54, 1.807) is 36.9 Å². The van der Waals surface area contributed by atoms with E-state index in [-0.39, 0.29) is 5.75 Å². The van der Waals surface area contributed by atoms with E-state index in [0.717, 1.165) is 153 Å². The molecule has 18 rings (SSSR count). The summed E-state index contributed by atoms with van der Waals surface area (Å²) in [7, 11) is 0. The fourth-order valence-corrected chi connectivity index (χ4v) is 11.1. The number of carbonyl (C=O) groups excluding carboxylic acids is 1. The van der Waals surface area contributed by atoms with E-state index in [1.165, 1.54) is 0 Å². The normalized spacial score (nSPS) is 11.6. The number of carbonyl (C=O) groups is 1. The molecule has 2 aromatic heterocycles. The van der Waals surface area contributed by atoms with Crippen LogP contribution in [0.15, 0.2) is 128 Å². The predicted octanol–water partition coefficient (Wildman–Crippen LogP) is 17.6. The maximum Gasteiger partial charge on any atom is 0.349 e. The van der Waals surface area contributed by atoms with Crippen molar-refractivity contribution in [3.63, 3.8) is 0 Å². The summed E-state index contributed by atoms with van der Waals surface area (Å²) in [4.78, 5) is 22.8. The van der Waals surface area contributed by atoms with Crippen molar-refractivity contribution in [1.82, 2.24) is 9.97 Å². The summed E-state index contributed by atoms with van der Waals surface area (Å²) in [6.07, 6.45) is 16.0. The molecule has 10 aliphatic carbocycles. The number of pyridine rings is 2. The summed E-state index contributed by atoms with van der Waals surface area (Å²) in [5.41, 5.74) is 11.8. The molecule has 6 aromatic carbocycles. The van der Waals surface area contributed by atoms with Gasteiger partial charge in [0.2, 0.25) is 0 Å². The van der Waals surface area contributed by atoms with Crippen molar-refractivity contribution < 1.29 is 56.9 Å². The maximum absolute atomic E-state index is 14.5. The van der Waals surface area contributed by atoms with E-state index in [4.69, 9.17) is 52.1 Å². The van der Waals surface area contributed by atoms with Crippen molar-refractivity contribution in [2.45, 2.75) is 152 Å². The second kappa shape index (κ2) is 38.2. The van der Waals surface area contributed by atoms with Crippen molar-refractivity contribution in [3.05, 3.63) is 206 Å². The van der Waals surface area contributed by atoms with Crippen molar-refractivity contribution in [2.24, 2.45) is 0 Å². The Morgan fingerprint density at radius 3 is 0.704 bits per heavy atom. The Morgan fingerprint density at radius 1 is 0.286 bits per heavy atom. The third-order valence-electron chi connectivity index (χ3n) is 15.8. The fourth-order valence-electron chi connectivity index (χ4n) is 11.1. The Bertz CT molecular complexity index is 3940. The lowest BCUT2D eigenvalue weighted by molar-refractivity contribution is -0.136. The van der Waals surface area contributed by atoms with Crippen LogP contribution in [-0.2, 0) is 36.9 Å². The number of hydrogen-bond acceptors (Lipinski definition) is 14. The van der Waals surface area contributed by atoms with Crippen LogP contribution in [0, 0.1) is 23.7 Å². The first-order valence-corrected chi connectivity index (χ1v) is 35.3. The van der Waals surface area contributed by atoms with Gasteiger partial charge < -0.3 is 52.1 Å². The average molecular weight is 1330 g/mol. The predicted molar refractivity (Wildman–Crippen MR) is 386 cm³/mol. The van der Waals surface area contributed by atoms with Crippen molar-refractivity contribution in [2.75, 3.05) is 66.1 Å². The van der Waals surface area contributed by atoms with Gasteiger partial charge in [0.05, 0.1) is 59.5 Å². The lowest BCUT2D eigenvalue weighted by Gasteiger charge is -2.22. The van der Waals surface area contributed by atoms with Crippen LogP contribution in [0.2, 0.25) is 0 Å². The zero-order valence-corrected chi connectivity index (χ0v) is 58.9. The van der Waals surface area contributed by atoms with Gasteiger partial charge >= 0.3 is 5.97 Å². The quantitative estimate of drug-likeness (QED) is 0.0231. The Balaban J connectivity index is 1.25. The highest BCUT2D eigenvalue weighted by Crippen LogP contribution is 2.44. The summed E-state index contributed by atoms with van der Waals surface area (Å²) in [5, 5.41) is 0. The van der Waals surface area contributed by atoms with Gasteiger partial charge in [-0.1, -0.05) is 86.0 Å². The van der Waals surface area contributed by atoms with Gasteiger partial charge in [0, 0.05) is 135 Å². The van der Waals surface area contributed by atoms with Crippen LogP contribution < -0.4 is 52.1 Å². The molecule has 0 radical (unpaired) electrons. The molecule has 98 heavy (non-hydrogen) atoms. The maximum atomic E-state index is 14.5. The largest absolute Gasteiger partial charge is 0.493 e. The van der Waals surface area contributed by atoms with Crippen LogP contribution in [0.1, 0.15) is 198 Å². The SMILES string of the molecule is CCCOc1cc2c(OCCC)cc1Cc1cc(OCCC)c(cc1OCCC)Cc1cc(OCCC)c(cc1OCCC)Cc1cc(OCCC)c(cc1OCC(=O)Oc1cc(C#Cc3ccncc3)cc(C#Cc3ccncc3)c1)Cc1cc(OCCC)c(cc1OCCC)C2. The second-order valence-corrected chi connectivity index (χ2v) is 24.3. The average Bonchev–Trinajstić information content (AvgIpc) is 0.857. The van der Waals surface area contributed by atoms with Gasteiger partial charge in [0.15, 0.2) is 6.61 Å². The first-order valence-electron chi connectivity index (χ1n) is 35.3. The van der Waals surface area contributed by atoms with Crippen LogP contribution >= 0.6 is 0 Å². The summed E-state index contributed by atoms with van der Waals surface area (Å²) < 4.78 is 74.0. The van der Waals surface area contributed by atoms with Crippen LogP contribution in [0.25, 0.3) is 0 Å². The first kappa shape index (κ1) is 72.5. The first-order chi connectivity index (χ1) is 48.0. The van der Waals surface area contributed by atoms with Crippen LogP contribution in [-0.4, -0.2) is 82.0 Å². The summed E-state index contributed by atoms with van der Waals surface area (Å²) in [6, 6.07) is 33.8. The van der Waals surface area contributed by atoms with E-state index < -0.39 is 12.6 Å². The molecule has 0 saturated carbocycles.